The molecule has 0 radical (unpaired) electrons. The molecule has 0 saturated carbocycles. The lowest BCUT2D eigenvalue weighted by Gasteiger charge is -2.32. The Morgan fingerprint density at radius 2 is 1.86 bits per heavy atom. The molecular weight excluding hydrogens is 433 g/mol. The van der Waals surface area contributed by atoms with E-state index in [4.69, 9.17) is 23.2 Å². The van der Waals surface area contributed by atoms with Gasteiger partial charge in [0.05, 0.1) is 11.7 Å². The zero-order valence-electron chi connectivity index (χ0n) is 16.6. The van der Waals surface area contributed by atoms with Crippen LogP contribution in [-0.4, -0.2) is 62.8 Å². The second-order valence-corrected chi connectivity index (χ2v) is 10.7. The van der Waals surface area contributed by atoms with Gasteiger partial charge in [0, 0.05) is 36.2 Å². The van der Waals surface area contributed by atoms with Gasteiger partial charge in [0.15, 0.2) is 0 Å². The first kappa shape index (κ1) is 22.8. The number of nitrogens with one attached hydrogen (secondary N) is 1. The van der Waals surface area contributed by atoms with Crippen LogP contribution in [0.2, 0.25) is 10.0 Å². The van der Waals surface area contributed by atoms with Crippen LogP contribution < -0.4 is 5.32 Å². The van der Waals surface area contributed by atoms with Gasteiger partial charge in [-0.15, -0.1) is 0 Å². The molecule has 0 spiro atoms. The molecule has 0 aliphatic carbocycles. The first-order chi connectivity index (χ1) is 13.8. The van der Waals surface area contributed by atoms with Gasteiger partial charge >= 0.3 is 0 Å². The predicted molar refractivity (Wildman–Crippen MR) is 117 cm³/mol. The second kappa shape index (κ2) is 10.4. The van der Waals surface area contributed by atoms with E-state index in [1.165, 1.54) is 23.6 Å². The molecule has 6 nitrogen and oxygen atoms in total. The van der Waals surface area contributed by atoms with E-state index >= 15 is 0 Å². The largest absolute Gasteiger partial charge is 0.355 e. The SMILES string of the molecule is O=C(NCCN1CCCCC1)[C@@H]1CCCN(S(=O)(=O)Cc2ccc(Cl)cc2Cl)C1. The summed E-state index contributed by atoms with van der Waals surface area (Å²) in [5.41, 5.74) is 0.518. The average Bonchev–Trinajstić information content (AvgIpc) is 2.71. The fraction of sp³-hybridized carbons (Fsp3) is 0.650. The molecule has 0 bridgehead atoms. The lowest BCUT2D eigenvalue weighted by Crippen LogP contribution is -2.47. The number of sulfonamides is 1. The van der Waals surface area contributed by atoms with E-state index in [1.807, 2.05) is 0 Å². The van der Waals surface area contributed by atoms with Crippen LogP contribution in [0.5, 0.6) is 0 Å². The number of halogens is 2. The van der Waals surface area contributed by atoms with Crippen molar-refractivity contribution in [3.05, 3.63) is 33.8 Å². The first-order valence-corrected chi connectivity index (χ1v) is 12.6. The molecule has 0 aromatic heterocycles. The maximum absolute atomic E-state index is 12.9. The molecule has 29 heavy (non-hydrogen) atoms. The quantitative estimate of drug-likeness (QED) is 0.676. The number of amides is 1. The Hall–Kier alpha value is -0.860. The minimum atomic E-state index is -3.56. The van der Waals surface area contributed by atoms with Crippen molar-refractivity contribution in [1.29, 1.82) is 0 Å². The molecule has 2 aliphatic rings. The van der Waals surface area contributed by atoms with Gasteiger partial charge in [-0.2, -0.15) is 0 Å². The van der Waals surface area contributed by atoms with Gasteiger partial charge in [-0.1, -0.05) is 35.7 Å². The summed E-state index contributed by atoms with van der Waals surface area (Å²) in [7, 11) is -3.56. The van der Waals surface area contributed by atoms with Crippen LogP contribution in [0.15, 0.2) is 18.2 Å². The van der Waals surface area contributed by atoms with Gasteiger partial charge in [0.2, 0.25) is 15.9 Å². The zero-order valence-corrected chi connectivity index (χ0v) is 18.9. The highest BCUT2D eigenvalue weighted by molar-refractivity contribution is 7.88. The summed E-state index contributed by atoms with van der Waals surface area (Å²) in [5, 5.41) is 3.80. The Balaban J connectivity index is 1.52. The molecule has 1 aromatic rings. The van der Waals surface area contributed by atoms with Crippen LogP contribution in [0, 0.1) is 5.92 Å². The van der Waals surface area contributed by atoms with Crippen LogP contribution in [0.3, 0.4) is 0 Å². The van der Waals surface area contributed by atoms with Crippen LogP contribution >= 0.6 is 23.2 Å². The van der Waals surface area contributed by atoms with E-state index in [2.05, 4.69) is 10.2 Å². The van der Waals surface area contributed by atoms with E-state index < -0.39 is 10.0 Å². The van der Waals surface area contributed by atoms with Crippen LogP contribution in [0.4, 0.5) is 0 Å². The second-order valence-electron chi connectivity index (χ2n) is 7.88. The fourth-order valence-electron chi connectivity index (χ4n) is 4.00. The Kier molecular flexibility index (Phi) is 8.22. The molecule has 2 saturated heterocycles. The Bertz CT molecular complexity index is 813. The molecule has 1 atom stereocenters. The number of hydrogen-bond acceptors (Lipinski definition) is 4. The highest BCUT2D eigenvalue weighted by atomic mass is 35.5. The number of piperidine rings is 2. The number of nitrogens with zero attached hydrogens (tertiary/aromatic N) is 2. The summed E-state index contributed by atoms with van der Waals surface area (Å²) in [6.45, 7) is 4.32. The number of hydrogen-bond donors (Lipinski definition) is 1. The maximum Gasteiger partial charge on any atom is 0.224 e. The predicted octanol–water partition coefficient (Wildman–Crippen LogP) is 3.14. The van der Waals surface area contributed by atoms with E-state index in [-0.39, 0.29) is 24.1 Å². The summed E-state index contributed by atoms with van der Waals surface area (Å²) in [5.74, 6) is -0.543. The summed E-state index contributed by atoms with van der Waals surface area (Å²) >= 11 is 12.0. The highest BCUT2D eigenvalue weighted by Crippen LogP contribution is 2.26. The summed E-state index contributed by atoms with van der Waals surface area (Å²) in [6.07, 6.45) is 5.12. The lowest BCUT2D eigenvalue weighted by molar-refractivity contribution is -0.126. The van der Waals surface area contributed by atoms with Crippen molar-refractivity contribution in [3.63, 3.8) is 0 Å². The standard InChI is InChI=1S/C20H29Cl2N3O3S/c21-18-7-6-17(19(22)13-18)15-29(27,28)25-11-4-5-16(14-25)20(26)23-8-12-24-9-2-1-3-10-24/h6-7,13,16H,1-5,8-12,14-15H2,(H,23,26)/t16-/m1/s1. The van der Waals surface area contributed by atoms with E-state index in [0.29, 0.717) is 41.5 Å². The average molecular weight is 462 g/mol. The van der Waals surface area contributed by atoms with Gasteiger partial charge in [-0.25, -0.2) is 12.7 Å². The van der Waals surface area contributed by atoms with E-state index in [1.54, 1.807) is 18.2 Å². The van der Waals surface area contributed by atoms with Crippen LogP contribution in [0.1, 0.15) is 37.7 Å². The zero-order chi connectivity index (χ0) is 20.9. The van der Waals surface area contributed by atoms with Crippen molar-refractivity contribution in [3.8, 4) is 0 Å². The highest BCUT2D eigenvalue weighted by Gasteiger charge is 2.32. The van der Waals surface area contributed by atoms with E-state index in [9.17, 15) is 13.2 Å². The minimum absolute atomic E-state index is 0.0496. The van der Waals surface area contributed by atoms with Gasteiger partial charge < -0.3 is 10.2 Å². The van der Waals surface area contributed by atoms with Gasteiger partial charge in [-0.3, -0.25) is 4.79 Å². The minimum Gasteiger partial charge on any atom is -0.355 e. The van der Waals surface area contributed by atoms with Crippen molar-refractivity contribution in [2.45, 2.75) is 37.9 Å². The smallest absolute Gasteiger partial charge is 0.224 e. The van der Waals surface area contributed by atoms with Crippen molar-refractivity contribution < 1.29 is 13.2 Å². The molecule has 1 N–H and O–H groups in total. The Morgan fingerprint density at radius 3 is 2.59 bits per heavy atom. The molecule has 9 heteroatoms. The number of rotatable bonds is 7. The third-order valence-electron chi connectivity index (χ3n) is 5.68. The first-order valence-electron chi connectivity index (χ1n) is 10.3. The summed E-state index contributed by atoms with van der Waals surface area (Å²) < 4.78 is 27.2. The molecule has 2 heterocycles. The molecule has 3 rings (SSSR count). The summed E-state index contributed by atoms with van der Waals surface area (Å²) in [4.78, 5) is 14.9. The topological polar surface area (TPSA) is 69.7 Å². The third kappa shape index (κ3) is 6.56. The monoisotopic (exact) mass is 461 g/mol. The molecule has 1 amide bonds. The number of carbonyl (C=O) groups excluding carboxylic acids is 1. The normalized spacial score (nSPS) is 21.8. The maximum atomic E-state index is 12.9. The Morgan fingerprint density at radius 1 is 1.10 bits per heavy atom. The molecule has 2 fully saturated rings. The van der Waals surface area contributed by atoms with Crippen molar-refractivity contribution in [1.82, 2.24) is 14.5 Å². The number of carbonyl (C=O) groups is 1. The van der Waals surface area contributed by atoms with Crippen molar-refractivity contribution in [2.75, 3.05) is 39.3 Å². The molecular formula is C20H29Cl2N3O3S. The molecule has 0 unspecified atom stereocenters. The van der Waals surface area contributed by atoms with Gasteiger partial charge in [0.25, 0.3) is 0 Å². The third-order valence-corrected chi connectivity index (χ3v) is 8.06. The Labute approximate surface area is 183 Å². The molecule has 162 valence electrons. The van der Waals surface area contributed by atoms with E-state index in [0.717, 1.165) is 19.6 Å². The summed E-state index contributed by atoms with van der Waals surface area (Å²) in [6, 6.07) is 4.81. The molecule has 2 aliphatic heterocycles. The number of benzene rings is 1. The van der Waals surface area contributed by atoms with Gasteiger partial charge in [0.1, 0.15) is 0 Å². The molecule has 1 aromatic carbocycles. The van der Waals surface area contributed by atoms with Gasteiger partial charge in [-0.05, 0) is 56.5 Å². The fourth-order valence-corrected chi connectivity index (χ4v) is 6.20. The van der Waals surface area contributed by atoms with Crippen molar-refractivity contribution >= 4 is 39.1 Å². The van der Waals surface area contributed by atoms with Crippen LogP contribution in [0.25, 0.3) is 0 Å². The van der Waals surface area contributed by atoms with Crippen LogP contribution in [-0.2, 0) is 20.6 Å². The lowest BCUT2D eigenvalue weighted by atomic mass is 9.99. The number of likely N-dealkylation sites (tertiary alicyclic amines) is 1. The van der Waals surface area contributed by atoms with Crippen molar-refractivity contribution in [2.24, 2.45) is 5.92 Å².